The quantitative estimate of drug-likeness (QED) is 0.311. The monoisotopic (exact) mass is 457 g/mol. The maximum atomic E-state index is 6.65. The molecular formula is C28H29NOP2. The van der Waals surface area contributed by atoms with Crippen LogP contribution in [0.3, 0.4) is 0 Å². The predicted octanol–water partition coefficient (Wildman–Crippen LogP) is 5.42. The largest absolute Gasteiger partial charge is 0.348 e. The lowest BCUT2D eigenvalue weighted by Crippen LogP contribution is -2.35. The van der Waals surface area contributed by atoms with Gasteiger partial charge in [0.15, 0.2) is 0 Å². The minimum atomic E-state index is -0.855. The fourth-order valence-electron chi connectivity index (χ4n) is 3.56. The summed E-state index contributed by atoms with van der Waals surface area (Å²) in [7, 11) is 0.743. The zero-order valence-electron chi connectivity index (χ0n) is 18.6. The van der Waals surface area contributed by atoms with Crippen LogP contribution in [0.4, 0.5) is 0 Å². The molecule has 0 aromatic heterocycles. The van der Waals surface area contributed by atoms with E-state index >= 15 is 0 Å². The number of benzene rings is 4. The Bertz CT molecular complexity index is 983. The first kappa shape index (κ1) is 22.8. The van der Waals surface area contributed by atoms with Crippen molar-refractivity contribution in [2.75, 3.05) is 13.7 Å². The Kier molecular flexibility index (Phi) is 8.21. The summed E-state index contributed by atoms with van der Waals surface area (Å²) in [5.41, 5.74) is 0. The molecule has 0 spiro atoms. The van der Waals surface area contributed by atoms with Crippen LogP contribution in [-0.4, -0.2) is 24.4 Å². The average molecular weight is 457 g/mol. The molecule has 0 saturated heterocycles. The van der Waals surface area contributed by atoms with Crippen molar-refractivity contribution in [1.82, 2.24) is 4.67 Å². The van der Waals surface area contributed by atoms with Crippen molar-refractivity contribution in [3.8, 4) is 0 Å². The van der Waals surface area contributed by atoms with Crippen LogP contribution < -0.4 is 21.2 Å². The smallest absolute Gasteiger partial charge is 0.0918 e. The third kappa shape index (κ3) is 5.71. The highest BCUT2D eigenvalue weighted by Crippen LogP contribution is 2.40. The van der Waals surface area contributed by atoms with Crippen LogP contribution >= 0.6 is 16.2 Å². The fourth-order valence-corrected chi connectivity index (χ4v) is 7.81. The van der Waals surface area contributed by atoms with E-state index in [-0.39, 0.29) is 6.04 Å². The Morgan fingerprint density at radius 3 is 1.31 bits per heavy atom. The Morgan fingerprint density at radius 1 is 0.594 bits per heavy atom. The second kappa shape index (κ2) is 11.5. The van der Waals surface area contributed by atoms with E-state index in [1.807, 2.05) is 0 Å². The number of hydrogen-bond acceptors (Lipinski definition) is 2. The highest BCUT2D eigenvalue weighted by atomic mass is 31.1. The number of rotatable bonds is 9. The van der Waals surface area contributed by atoms with Gasteiger partial charge in [-0.1, -0.05) is 121 Å². The van der Waals surface area contributed by atoms with Crippen molar-refractivity contribution >= 4 is 37.4 Å². The SMILES string of the molecule is C[C@@H](COP(c1ccccc1)c1ccccc1)N(C)P(c1ccccc1)c1ccccc1. The molecule has 162 valence electrons. The summed E-state index contributed by atoms with van der Waals surface area (Å²) in [6, 6.07) is 43.1. The van der Waals surface area contributed by atoms with Gasteiger partial charge in [0.1, 0.15) is 0 Å². The molecule has 0 fully saturated rings. The maximum absolute atomic E-state index is 6.65. The molecule has 32 heavy (non-hydrogen) atoms. The molecule has 0 bridgehead atoms. The van der Waals surface area contributed by atoms with Crippen molar-refractivity contribution in [1.29, 1.82) is 0 Å². The first-order valence-electron chi connectivity index (χ1n) is 10.9. The second-order valence-corrected chi connectivity index (χ2v) is 11.8. The van der Waals surface area contributed by atoms with E-state index in [1.165, 1.54) is 21.2 Å². The van der Waals surface area contributed by atoms with Gasteiger partial charge in [-0.15, -0.1) is 0 Å². The van der Waals surface area contributed by atoms with E-state index in [0.29, 0.717) is 6.61 Å². The number of hydrogen-bond donors (Lipinski definition) is 0. The normalized spacial score (nSPS) is 12.4. The molecule has 0 amide bonds. The highest BCUT2D eigenvalue weighted by Gasteiger charge is 2.25. The summed E-state index contributed by atoms with van der Waals surface area (Å²) in [5.74, 6) is 0. The molecule has 0 unspecified atom stereocenters. The zero-order valence-corrected chi connectivity index (χ0v) is 20.4. The van der Waals surface area contributed by atoms with Gasteiger partial charge in [0.05, 0.1) is 14.8 Å². The van der Waals surface area contributed by atoms with Gasteiger partial charge in [-0.3, -0.25) is 4.67 Å². The van der Waals surface area contributed by atoms with Crippen LogP contribution in [0.5, 0.6) is 0 Å². The van der Waals surface area contributed by atoms with Gasteiger partial charge >= 0.3 is 0 Å². The lowest BCUT2D eigenvalue weighted by atomic mass is 10.4. The van der Waals surface area contributed by atoms with E-state index in [0.717, 1.165) is 0 Å². The minimum absolute atomic E-state index is 0.263. The third-order valence-electron chi connectivity index (χ3n) is 5.38. The highest BCUT2D eigenvalue weighted by molar-refractivity contribution is 7.70. The van der Waals surface area contributed by atoms with Crippen LogP contribution in [0.15, 0.2) is 121 Å². The molecular weight excluding hydrogens is 428 g/mol. The number of likely N-dealkylation sites (N-methyl/N-ethyl adjacent to an activating group) is 1. The molecule has 0 aliphatic rings. The van der Waals surface area contributed by atoms with Crippen molar-refractivity contribution in [2.45, 2.75) is 13.0 Å². The molecule has 0 radical (unpaired) electrons. The molecule has 4 aromatic carbocycles. The first-order chi connectivity index (χ1) is 15.7. The van der Waals surface area contributed by atoms with Crippen LogP contribution in [0.2, 0.25) is 0 Å². The Balaban J connectivity index is 1.55. The average Bonchev–Trinajstić information content (AvgIpc) is 2.87. The summed E-state index contributed by atoms with van der Waals surface area (Å²) in [6.45, 7) is 2.94. The first-order valence-corrected chi connectivity index (χ1v) is 13.5. The van der Waals surface area contributed by atoms with Gasteiger partial charge in [-0.2, -0.15) is 0 Å². The Hall–Kier alpha value is -2.34. The molecule has 4 rings (SSSR count). The fraction of sp³-hybridized carbons (Fsp3) is 0.143. The summed E-state index contributed by atoms with van der Waals surface area (Å²) in [5, 5.41) is 5.21. The molecule has 0 saturated carbocycles. The van der Waals surface area contributed by atoms with Crippen molar-refractivity contribution in [3.05, 3.63) is 121 Å². The van der Waals surface area contributed by atoms with Crippen molar-refractivity contribution in [2.24, 2.45) is 0 Å². The lowest BCUT2D eigenvalue weighted by molar-refractivity contribution is 0.263. The summed E-state index contributed by atoms with van der Waals surface area (Å²) < 4.78 is 9.14. The van der Waals surface area contributed by atoms with Crippen molar-refractivity contribution in [3.63, 3.8) is 0 Å². The minimum Gasteiger partial charge on any atom is -0.348 e. The Labute approximate surface area is 194 Å². The molecule has 4 aromatic rings. The molecule has 0 heterocycles. The predicted molar refractivity (Wildman–Crippen MR) is 141 cm³/mol. The molecule has 2 nitrogen and oxygen atoms in total. The van der Waals surface area contributed by atoms with E-state index in [1.54, 1.807) is 0 Å². The maximum Gasteiger partial charge on any atom is 0.0918 e. The van der Waals surface area contributed by atoms with Crippen molar-refractivity contribution < 1.29 is 4.52 Å². The molecule has 4 heteroatoms. The van der Waals surface area contributed by atoms with Crippen LogP contribution in [-0.2, 0) is 4.52 Å². The van der Waals surface area contributed by atoms with Gasteiger partial charge in [0, 0.05) is 24.7 Å². The third-order valence-corrected chi connectivity index (χ3v) is 9.92. The molecule has 0 aliphatic carbocycles. The van der Waals surface area contributed by atoms with E-state index in [4.69, 9.17) is 4.52 Å². The Morgan fingerprint density at radius 2 is 0.938 bits per heavy atom. The second-order valence-electron chi connectivity index (χ2n) is 7.67. The van der Waals surface area contributed by atoms with Crippen LogP contribution in [0, 0.1) is 0 Å². The van der Waals surface area contributed by atoms with Crippen LogP contribution in [0.1, 0.15) is 6.92 Å². The van der Waals surface area contributed by atoms with E-state index < -0.39 is 16.2 Å². The van der Waals surface area contributed by atoms with Gasteiger partial charge in [-0.25, -0.2) is 0 Å². The van der Waals surface area contributed by atoms with Gasteiger partial charge < -0.3 is 4.52 Å². The summed E-state index contributed by atoms with van der Waals surface area (Å²) in [4.78, 5) is 0. The summed E-state index contributed by atoms with van der Waals surface area (Å²) in [6.07, 6.45) is 0. The molecule has 0 N–H and O–H groups in total. The van der Waals surface area contributed by atoms with Gasteiger partial charge in [0.2, 0.25) is 0 Å². The standard InChI is InChI=1S/C28H29NOP2/c1-24(23-30-32(27-19-11-5-12-20-27)28-21-13-6-14-22-28)29(2)31(25-15-7-3-8-16-25)26-17-9-4-10-18-26/h3-22,24H,23H2,1-2H3/t24-/m0/s1. The lowest BCUT2D eigenvalue weighted by Gasteiger charge is -2.34. The molecule has 0 aliphatic heterocycles. The van der Waals surface area contributed by atoms with Gasteiger partial charge in [-0.05, 0) is 24.6 Å². The molecule has 1 atom stereocenters. The summed E-state index contributed by atoms with van der Waals surface area (Å²) >= 11 is 0. The van der Waals surface area contributed by atoms with E-state index in [2.05, 4.69) is 140 Å². The van der Waals surface area contributed by atoms with Crippen LogP contribution in [0.25, 0.3) is 0 Å². The topological polar surface area (TPSA) is 12.5 Å². The van der Waals surface area contributed by atoms with E-state index in [9.17, 15) is 0 Å². The number of nitrogens with zero attached hydrogens (tertiary/aromatic N) is 1. The van der Waals surface area contributed by atoms with Gasteiger partial charge in [0.25, 0.3) is 0 Å². The zero-order chi connectivity index (χ0) is 22.2.